The number of hydrogen-bond donors (Lipinski definition) is 2. The first-order chi connectivity index (χ1) is 15.9. The molecule has 6 heteroatoms. The van der Waals surface area contributed by atoms with Crippen LogP contribution in [0.1, 0.15) is 136 Å². The highest BCUT2D eigenvalue weighted by atomic mass is 19.1. The second kappa shape index (κ2) is 22.5. The van der Waals surface area contributed by atoms with Crippen LogP contribution in [0.5, 0.6) is 0 Å². The molecule has 2 N–H and O–H groups in total. The molecule has 0 bridgehead atoms. The lowest BCUT2D eigenvalue weighted by molar-refractivity contribution is -0.141. The van der Waals surface area contributed by atoms with Crippen molar-refractivity contribution in [3.8, 4) is 0 Å². The van der Waals surface area contributed by atoms with Crippen LogP contribution in [-0.2, 0) is 9.53 Å². The first-order valence-electron chi connectivity index (χ1n) is 13.7. The molecule has 0 radical (unpaired) electrons. The number of rotatable bonds is 23. The zero-order valence-electron chi connectivity index (χ0n) is 21.7. The van der Waals surface area contributed by atoms with E-state index in [1.807, 2.05) is 6.92 Å². The SMILES string of the molecule is CCCCCCCCCCCCCCCCOC(=O)NC(C(=O)O)C(C)C(F)CCCCC. The first kappa shape index (κ1) is 31.7. The molecule has 0 fully saturated rings. The van der Waals surface area contributed by atoms with Crippen LogP contribution in [0.2, 0.25) is 0 Å². The van der Waals surface area contributed by atoms with Crippen LogP contribution in [0.25, 0.3) is 0 Å². The van der Waals surface area contributed by atoms with Crippen molar-refractivity contribution in [3.63, 3.8) is 0 Å². The summed E-state index contributed by atoms with van der Waals surface area (Å²) >= 11 is 0. The van der Waals surface area contributed by atoms with Crippen molar-refractivity contribution in [2.24, 2.45) is 5.92 Å². The van der Waals surface area contributed by atoms with E-state index in [9.17, 15) is 19.1 Å². The van der Waals surface area contributed by atoms with Crippen molar-refractivity contribution < 1.29 is 23.8 Å². The smallest absolute Gasteiger partial charge is 0.407 e. The maximum absolute atomic E-state index is 14.3. The molecule has 0 aromatic rings. The van der Waals surface area contributed by atoms with Crippen LogP contribution in [0.15, 0.2) is 0 Å². The van der Waals surface area contributed by atoms with E-state index in [-0.39, 0.29) is 6.61 Å². The number of carboxylic acids is 1. The minimum Gasteiger partial charge on any atom is -0.480 e. The summed E-state index contributed by atoms with van der Waals surface area (Å²) in [5.41, 5.74) is 0. The number of ether oxygens (including phenoxy) is 1. The van der Waals surface area contributed by atoms with E-state index >= 15 is 0 Å². The minimum absolute atomic E-state index is 0.264. The lowest BCUT2D eigenvalue weighted by Crippen LogP contribution is -2.48. The Morgan fingerprint density at radius 1 is 0.758 bits per heavy atom. The second-order valence-corrected chi connectivity index (χ2v) is 9.56. The third-order valence-corrected chi connectivity index (χ3v) is 6.45. The summed E-state index contributed by atoms with van der Waals surface area (Å²) in [7, 11) is 0. The number of aliphatic carboxylic acids is 1. The monoisotopic (exact) mass is 473 g/mol. The van der Waals surface area contributed by atoms with Crippen molar-refractivity contribution in [1.29, 1.82) is 0 Å². The minimum atomic E-state index is -1.27. The molecule has 5 nitrogen and oxygen atoms in total. The molecular weight excluding hydrogens is 421 g/mol. The molecule has 0 aliphatic carbocycles. The van der Waals surface area contributed by atoms with Crippen molar-refractivity contribution in [2.45, 2.75) is 149 Å². The van der Waals surface area contributed by atoms with Gasteiger partial charge < -0.3 is 15.2 Å². The third-order valence-electron chi connectivity index (χ3n) is 6.45. The van der Waals surface area contributed by atoms with Crippen molar-refractivity contribution >= 4 is 12.1 Å². The van der Waals surface area contributed by atoms with E-state index in [1.165, 1.54) is 77.6 Å². The summed E-state index contributed by atoms with van der Waals surface area (Å²) in [5.74, 6) is -2.03. The fraction of sp³-hybridized carbons (Fsp3) is 0.926. The number of carbonyl (C=O) groups is 2. The Balaban J connectivity index is 3.73. The van der Waals surface area contributed by atoms with Gasteiger partial charge in [-0.1, -0.05) is 124 Å². The van der Waals surface area contributed by atoms with Gasteiger partial charge in [0.25, 0.3) is 0 Å². The molecule has 3 unspecified atom stereocenters. The highest BCUT2D eigenvalue weighted by Gasteiger charge is 2.32. The third kappa shape index (κ3) is 18.7. The summed E-state index contributed by atoms with van der Waals surface area (Å²) in [5, 5.41) is 11.7. The molecule has 0 saturated carbocycles. The predicted octanol–water partition coefficient (Wildman–Crippen LogP) is 8.20. The van der Waals surface area contributed by atoms with Gasteiger partial charge >= 0.3 is 12.1 Å². The summed E-state index contributed by atoms with van der Waals surface area (Å²) in [4.78, 5) is 23.4. The zero-order valence-corrected chi connectivity index (χ0v) is 21.7. The standard InChI is InChI=1S/C27H52FNO4/c1-4-6-8-9-10-11-12-13-14-15-16-17-18-20-22-33-27(32)29-25(26(30)31)23(3)24(28)21-19-7-5-2/h23-25H,4-22H2,1-3H3,(H,29,32)(H,30,31). The molecule has 1 amide bonds. The van der Waals surface area contributed by atoms with Crippen molar-refractivity contribution in [1.82, 2.24) is 5.32 Å². The van der Waals surface area contributed by atoms with Crippen molar-refractivity contribution in [2.75, 3.05) is 6.61 Å². The summed E-state index contributed by atoms with van der Waals surface area (Å²) in [6.07, 6.45) is 18.4. The van der Waals surface area contributed by atoms with Gasteiger partial charge in [-0.25, -0.2) is 14.0 Å². The van der Waals surface area contributed by atoms with E-state index in [4.69, 9.17) is 4.74 Å². The van der Waals surface area contributed by atoms with Gasteiger partial charge in [0.05, 0.1) is 6.61 Å². The van der Waals surface area contributed by atoms with E-state index < -0.39 is 30.2 Å². The van der Waals surface area contributed by atoms with Gasteiger partial charge in [-0.15, -0.1) is 0 Å². The second-order valence-electron chi connectivity index (χ2n) is 9.56. The number of carbonyl (C=O) groups excluding carboxylic acids is 1. The first-order valence-corrected chi connectivity index (χ1v) is 13.7. The Morgan fingerprint density at radius 3 is 1.64 bits per heavy atom. The van der Waals surface area contributed by atoms with Gasteiger partial charge in [0.15, 0.2) is 0 Å². The molecule has 0 rings (SSSR count). The highest BCUT2D eigenvalue weighted by Crippen LogP contribution is 2.19. The van der Waals surface area contributed by atoms with E-state index in [1.54, 1.807) is 0 Å². The van der Waals surface area contributed by atoms with Gasteiger partial charge in [-0.2, -0.15) is 0 Å². The molecule has 0 spiro atoms. The number of amides is 1. The number of carboxylic acid groups (broad SMARTS) is 1. The van der Waals surface area contributed by atoms with Crippen LogP contribution in [0.4, 0.5) is 9.18 Å². The molecule has 0 heterocycles. The average molecular weight is 474 g/mol. The Hall–Kier alpha value is -1.33. The lowest BCUT2D eigenvalue weighted by Gasteiger charge is -2.24. The van der Waals surface area contributed by atoms with Crippen LogP contribution >= 0.6 is 0 Å². The Labute approximate surface area is 202 Å². The summed E-state index contributed by atoms with van der Waals surface area (Å²) < 4.78 is 19.4. The molecule has 0 aliphatic heterocycles. The van der Waals surface area contributed by atoms with E-state index in [0.717, 1.165) is 38.5 Å². The van der Waals surface area contributed by atoms with Gasteiger partial charge in [0.2, 0.25) is 0 Å². The van der Waals surface area contributed by atoms with Crippen LogP contribution in [0, 0.1) is 5.92 Å². The van der Waals surface area contributed by atoms with E-state index in [2.05, 4.69) is 12.2 Å². The number of alkyl halides is 1. The van der Waals surface area contributed by atoms with Crippen LogP contribution in [0.3, 0.4) is 0 Å². The number of hydrogen-bond acceptors (Lipinski definition) is 3. The topological polar surface area (TPSA) is 75.6 Å². The molecule has 0 saturated heterocycles. The number of halogens is 1. The Bertz CT molecular complexity index is 475. The molecule has 3 atom stereocenters. The van der Waals surface area contributed by atoms with Crippen LogP contribution in [-0.4, -0.2) is 36.0 Å². The van der Waals surface area contributed by atoms with Gasteiger partial charge in [-0.3, -0.25) is 0 Å². The largest absolute Gasteiger partial charge is 0.480 e. The number of unbranched alkanes of at least 4 members (excludes halogenated alkanes) is 15. The zero-order chi connectivity index (χ0) is 24.7. The number of alkyl carbamates (subject to hydrolysis) is 1. The fourth-order valence-electron chi connectivity index (χ4n) is 4.11. The molecule has 0 aromatic carbocycles. The van der Waals surface area contributed by atoms with Gasteiger partial charge in [-0.05, 0) is 12.8 Å². The molecule has 0 aromatic heterocycles. The fourth-order valence-corrected chi connectivity index (χ4v) is 4.11. The highest BCUT2D eigenvalue weighted by molar-refractivity contribution is 5.80. The predicted molar refractivity (Wildman–Crippen MR) is 134 cm³/mol. The summed E-state index contributed by atoms with van der Waals surface area (Å²) in [6.45, 7) is 6.08. The quantitative estimate of drug-likeness (QED) is 0.147. The molecular formula is C27H52FNO4. The van der Waals surface area contributed by atoms with Crippen molar-refractivity contribution in [3.05, 3.63) is 0 Å². The maximum atomic E-state index is 14.3. The number of nitrogens with one attached hydrogen (secondary N) is 1. The molecule has 0 aliphatic rings. The van der Waals surface area contributed by atoms with Crippen LogP contribution < -0.4 is 5.32 Å². The molecule has 196 valence electrons. The van der Waals surface area contributed by atoms with Gasteiger partial charge in [0, 0.05) is 5.92 Å². The Morgan fingerprint density at radius 2 is 1.18 bits per heavy atom. The normalized spacial score (nSPS) is 13.9. The van der Waals surface area contributed by atoms with E-state index in [0.29, 0.717) is 6.42 Å². The van der Waals surface area contributed by atoms with Gasteiger partial charge in [0.1, 0.15) is 12.2 Å². The Kier molecular flexibility index (Phi) is 21.6. The molecule has 33 heavy (non-hydrogen) atoms. The summed E-state index contributed by atoms with van der Waals surface area (Å²) in [6, 6.07) is -1.27. The average Bonchev–Trinajstić information content (AvgIpc) is 2.79. The maximum Gasteiger partial charge on any atom is 0.407 e. The lowest BCUT2D eigenvalue weighted by atomic mass is 9.93.